The normalized spacial score (nSPS) is 11.4. The number of rotatable bonds is 16. The number of halogens is 1. The van der Waals surface area contributed by atoms with Crippen LogP contribution in [0.25, 0.3) is 0 Å². The maximum atomic E-state index is 3.48. The molecule has 0 saturated heterocycles. The summed E-state index contributed by atoms with van der Waals surface area (Å²) in [6, 6.07) is 0. The third-order valence-electron chi connectivity index (χ3n) is 4.10. The predicted molar refractivity (Wildman–Crippen MR) is 96.7 cm³/mol. The smallest absolute Gasteiger partial charge is 0.0539 e. The Balaban J connectivity index is 2.96. The zero-order valence-corrected chi connectivity index (χ0v) is 15.7. The summed E-state index contributed by atoms with van der Waals surface area (Å²) in [5, 5.41) is 0. The van der Waals surface area contributed by atoms with Crippen molar-refractivity contribution in [3.8, 4) is 0 Å². The van der Waals surface area contributed by atoms with E-state index in [1.54, 1.807) is 0 Å². The van der Waals surface area contributed by atoms with Gasteiger partial charge in [-0.05, 0) is 20.0 Å². The standard InChI is InChI=1S/C18H38BrN/c1-3-4-5-6-7-8-9-10-11-12-13-14-15-16-17-20(2)18-19/h3-18H2,1-2H3. The van der Waals surface area contributed by atoms with E-state index in [-0.39, 0.29) is 0 Å². The Labute approximate surface area is 137 Å². The summed E-state index contributed by atoms with van der Waals surface area (Å²) in [4.78, 5) is 2.33. The molecule has 1 nitrogen and oxygen atoms in total. The molecule has 0 saturated carbocycles. The molecule has 0 unspecified atom stereocenters. The Morgan fingerprint density at radius 2 is 0.950 bits per heavy atom. The van der Waals surface area contributed by atoms with Crippen LogP contribution in [0.4, 0.5) is 0 Å². The number of unbranched alkanes of at least 4 members (excludes halogenated alkanes) is 13. The third-order valence-corrected chi connectivity index (χ3v) is 4.95. The minimum absolute atomic E-state index is 1.01. The second kappa shape index (κ2) is 17.5. The molecule has 0 rings (SSSR count). The Hall–Kier alpha value is 0.440. The van der Waals surface area contributed by atoms with Crippen molar-refractivity contribution in [2.24, 2.45) is 0 Å². The summed E-state index contributed by atoms with van der Waals surface area (Å²) >= 11 is 3.48. The van der Waals surface area contributed by atoms with Crippen LogP contribution in [-0.4, -0.2) is 23.9 Å². The topological polar surface area (TPSA) is 3.24 Å². The highest BCUT2D eigenvalue weighted by Crippen LogP contribution is 2.13. The number of alkyl halides is 1. The SMILES string of the molecule is CCCCCCCCCCCCCCCCN(C)CBr. The molecule has 2 heteroatoms. The van der Waals surface area contributed by atoms with Gasteiger partial charge in [-0.15, -0.1) is 0 Å². The van der Waals surface area contributed by atoms with E-state index < -0.39 is 0 Å². The average Bonchev–Trinajstić information content (AvgIpc) is 2.47. The Morgan fingerprint density at radius 1 is 0.600 bits per heavy atom. The van der Waals surface area contributed by atoms with Crippen molar-refractivity contribution in [3.05, 3.63) is 0 Å². The molecule has 20 heavy (non-hydrogen) atoms. The molecule has 122 valence electrons. The lowest BCUT2D eigenvalue weighted by molar-refractivity contribution is 0.378. The largest absolute Gasteiger partial charge is 0.297 e. The zero-order valence-electron chi connectivity index (χ0n) is 14.1. The van der Waals surface area contributed by atoms with Crippen LogP contribution < -0.4 is 0 Å². The van der Waals surface area contributed by atoms with E-state index >= 15 is 0 Å². The van der Waals surface area contributed by atoms with Gasteiger partial charge in [0.2, 0.25) is 0 Å². The van der Waals surface area contributed by atoms with Gasteiger partial charge in [0.15, 0.2) is 0 Å². The summed E-state index contributed by atoms with van der Waals surface area (Å²) in [7, 11) is 2.18. The van der Waals surface area contributed by atoms with E-state index in [2.05, 4.69) is 34.8 Å². The van der Waals surface area contributed by atoms with E-state index in [0.29, 0.717) is 0 Å². The molecule has 0 atom stereocenters. The van der Waals surface area contributed by atoms with E-state index in [1.807, 2.05) is 0 Å². The number of hydrogen-bond acceptors (Lipinski definition) is 1. The lowest BCUT2D eigenvalue weighted by Gasteiger charge is -2.11. The van der Waals surface area contributed by atoms with Gasteiger partial charge in [0.1, 0.15) is 0 Å². The fourth-order valence-corrected chi connectivity index (χ4v) is 2.89. The first-order chi connectivity index (χ1) is 9.81. The lowest BCUT2D eigenvalue weighted by atomic mass is 10.0. The quantitative estimate of drug-likeness (QED) is 0.169. The Bertz CT molecular complexity index is 173. The highest BCUT2D eigenvalue weighted by atomic mass is 79.9. The van der Waals surface area contributed by atoms with Crippen LogP contribution >= 0.6 is 15.9 Å². The van der Waals surface area contributed by atoms with Crippen molar-refractivity contribution < 1.29 is 0 Å². The van der Waals surface area contributed by atoms with Crippen molar-refractivity contribution in [2.45, 2.75) is 96.8 Å². The average molecular weight is 348 g/mol. The number of nitrogens with zero attached hydrogens (tertiary/aromatic N) is 1. The highest BCUT2D eigenvalue weighted by molar-refractivity contribution is 9.09. The van der Waals surface area contributed by atoms with Crippen LogP contribution in [0.2, 0.25) is 0 Å². The summed E-state index contributed by atoms with van der Waals surface area (Å²) in [5.74, 6) is 0. The molecule has 0 N–H and O–H groups in total. The van der Waals surface area contributed by atoms with Crippen LogP contribution in [0.1, 0.15) is 96.8 Å². The Morgan fingerprint density at radius 3 is 1.30 bits per heavy atom. The molecule has 0 fully saturated rings. The maximum absolute atomic E-state index is 3.48. The maximum Gasteiger partial charge on any atom is 0.0539 e. The summed E-state index contributed by atoms with van der Waals surface area (Å²) in [5.41, 5.74) is 1.01. The van der Waals surface area contributed by atoms with Gasteiger partial charge in [0.05, 0.1) is 5.45 Å². The van der Waals surface area contributed by atoms with E-state index in [1.165, 1.54) is 96.4 Å². The fourth-order valence-electron chi connectivity index (χ4n) is 2.64. The van der Waals surface area contributed by atoms with Crippen LogP contribution in [-0.2, 0) is 0 Å². The van der Waals surface area contributed by atoms with Crippen molar-refractivity contribution in [3.63, 3.8) is 0 Å². The van der Waals surface area contributed by atoms with Gasteiger partial charge in [-0.3, -0.25) is 4.90 Å². The summed E-state index contributed by atoms with van der Waals surface area (Å²) in [6.45, 7) is 3.53. The Kier molecular flexibility index (Phi) is 17.9. The molecule has 0 amide bonds. The first-order valence-electron chi connectivity index (χ1n) is 9.05. The van der Waals surface area contributed by atoms with E-state index in [4.69, 9.17) is 0 Å². The van der Waals surface area contributed by atoms with Crippen molar-refractivity contribution in [1.29, 1.82) is 0 Å². The first kappa shape index (κ1) is 20.4. The molecule has 0 aromatic carbocycles. The van der Waals surface area contributed by atoms with Gasteiger partial charge in [-0.25, -0.2) is 0 Å². The second-order valence-corrected chi connectivity index (χ2v) is 6.80. The summed E-state index contributed by atoms with van der Waals surface area (Å²) < 4.78 is 0. The summed E-state index contributed by atoms with van der Waals surface area (Å²) in [6.07, 6.45) is 20.2. The van der Waals surface area contributed by atoms with Gasteiger partial charge >= 0.3 is 0 Å². The number of hydrogen-bond donors (Lipinski definition) is 0. The van der Waals surface area contributed by atoms with Crippen molar-refractivity contribution in [2.75, 3.05) is 19.0 Å². The minimum Gasteiger partial charge on any atom is -0.297 e. The van der Waals surface area contributed by atoms with Crippen molar-refractivity contribution >= 4 is 15.9 Å². The molecular weight excluding hydrogens is 310 g/mol. The highest BCUT2D eigenvalue weighted by Gasteiger charge is 1.96. The molecule has 0 aliphatic carbocycles. The fraction of sp³-hybridized carbons (Fsp3) is 1.00. The van der Waals surface area contributed by atoms with Gasteiger partial charge < -0.3 is 0 Å². The molecule has 0 aliphatic rings. The molecule has 0 aliphatic heterocycles. The van der Waals surface area contributed by atoms with Gasteiger partial charge in [0.25, 0.3) is 0 Å². The molecule has 0 bridgehead atoms. The zero-order chi connectivity index (χ0) is 14.9. The third kappa shape index (κ3) is 16.5. The van der Waals surface area contributed by atoms with Crippen LogP contribution in [0.5, 0.6) is 0 Å². The minimum atomic E-state index is 1.01. The molecule has 0 radical (unpaired) electrons. The van der Waals surface area contributed by atoms with Crippen LogP contribution in [0.3, 0.4) is 0 Å². The molecule has 0 heterocycles. The molecular formula is C18H38BrN. The van der Waals surface area contributed by atoms with Gasteiger partial charge in [-0.1, -0.05) is 106 Å². The van der Waals surface area contributed by atoms with Crippen LogP contribution in [0.15, 0.2) is 0 Å². The first-order valence-corrected chi connectivity index (χ1v) is 10.2. The molecule has 0 aromatic rings. The monoisotopic (exact) mass is 347 g/mol. The van der Waals surface area contributed by atoms with E-state index in [9.17, 15) is 0 Å². The molecule has 0 aromatic heterocycles. The molecule has 0 spiro atoms. The predicted octanol–water partition coefficient (Wildman–Crippen LogP) is 6.75. The van der Waals surface area contributed by atoms with E-state index in [0.717, 1.165) is 5.45 Å². The van der Waals surface area contributed by atoms with Crippen molar-refractivity contribution in [1.82, 2.24) is 4.90 Å². The second-order valence-electron chi connectivity index (χ2n) is 6.30. The van der Waals surface area contributed by atoms with Gasteiger partial charge in [0, 0.05) is 0 Å². The van der Waals surface area contributed by atoms with Crippen LogP contribution in [0, 0.1) is 0 Å². The van der Waals surface area contributed by atoms with Gasteiger partial charge in [-0.2, -0.15) is 0 Å². The lowest BCUT2D eigenvalue weighted by Crippen LogP contribution is -2.16.